The van der Waals surface area contributed by atoms with E-state index in [9.17, 15) is 9.59 Å². The molecule has 1 saturated carbocycles. The van der Waals surface area contributed by atoms with Gasteiger partial charge in [0.1, 0.15) is 6.04 Å². The van der Waals surface area contributed by atoms with Crippen molar-refractivity contribution in [1.29, 1.82) is 0 Å². The Bertz CT molecular complexity index is 276. The second-order valence-electron chi connectivity index (χ2n) is 4.29. The van der Waals surface area contributed by atoms with Crippen LogP contribution in [0.1, 0.15) is 19.3 Å². The average molecular weight is 212 g/mol. The molecule has 2 N–H and O–H groups in total. The summed E-state index contributed by atoms with van der Waals surface area (Å²) in [7, 11) is 0. The highest BCUT2D eigenvalue weighted by Gasteiger charge is 2.40. The van der Waals surface area contributed by atoms with Crippen LogP contribution in [0.3, 0.4) is 0 Å². The molecule has 5 nitrogen and oxygen atoms in total. The van der Waals surface area contributed by atoms with Crippen LogP contribution in [0.15, 0.2) is 0 Å². The lowest BCUT2D eigenvalue weighted by Gasteiger charge is -2.25. The second-order valence-corrected chi connectivity index (χ2v) is 4.29. The predicted octanol–water partition coefficient (Wildman–Crippen LogP) is -0.328. The lowest BCUT2D eigenvalue weighted by atomic mass is 10.1. The fourth-order valence-electron chi connectivity index (χ4n) is 2.13. The van der Waals surface area contributed by atoms with Gasteiger partial charge in [0.2, 0.25) is 5.91 Å². The summed E-state index contributed by atoms with van der Waals surface area (Å²) < 4.78 is 0. The Morgan fingerprint density at radius 1 is 1.53 bits per heavy atom. The first-order valence-corrected chi connectivity index (χ1v) is 5.42. The molecule has 2 rings (SSSR count). The van der Waals surface area contributed by atoms with Crippen molar-refractivity contribution in [3.8, 4) is 0 Å². The van der Waals surface area contributed by atoms with Gasteiger partial charge in [0, 0.05) is 13.1 Å². The Kier molecular flexibility index (Phi) is 2.90. The quantitative estimate of drug-likeness (QED) is 0.672. The summed E-state index contributed by atoms with van der Waals surface area (Å²) in [6.07, 6.45) is 2.80. The minimum Gasteiger partial charge on any atom is -0.480 e. The molecule has 1 aliphatic heterocycles. The van der Waals surface area contributed by atoms with Crippen LogP contribution in [0.5, 0.6) is 0 Å². The number of carbonyl (C=O) groups excluding carboxylic acids is 1. The highest BCUT2D eigenvalue weighted by Crippen LogP contribution is 2.35. The first kappa shape index (κ1) is 10.4. The highest BCUT2D eigenvalue weighted by atomic mass is 16.4. The van der Waals surface area contributed by atoms with Crippen LogP contribution >= 0.6 is 0 Å². The Hall–Kier alpha value is -1.10. The van der Waals surface area contributed by atoms with Crippen molar-refractivity contribution in [2.75, 3.05) is 19.6 Å². The monoisotopic (exact) mass is 212 g/mol. The van der Waals surface area contributed by atoms with Gasteiger partial charge in [-0.1, -0.05) is 0 Å². The maximum atomic E-state index is 11.3. The molecule has 1 atom stereocenters. The van der Waals surface area contributed by atoms with E-state index in [1.54, 1.807) is 0 Å². The van der Waals surface area contributed by atoms with Gasteiger partial charge in [0.05, 0.1) is 6.54 Å². The number of carboxylic acids is 1. The second kappa shape index (κ2) is 4.18. The summed E-state index contributed by atoms with van der Waals surface area (Å²) in [5, 5.41) is 11.9. The molecule has 0 aromatic carbocycles. The van der Waals surface area contributed by atoms with E-state index in [4.69, 9.17) is 5.11 Å². The van der Waals surface area contributed by atoms with Crippen molar-refractivity contribution in [3.05, 3.63) is 0 Å². The number of amides is 1. The van der Waals surface area contributed by atoms with Crippen molar-refractivity contribution in [2.24, 2.45) is 5.92 Å². The largest absolute Gasteiger partial charge is 0.480 e. The zero-order valence-corrected chi connectivity index (χ0v) is 8.61. The number of carboxylic acid groups (broad SMARTS) is 1. The lowest BCUT2D eigenvalue weighted by Crippen LogP contribution is -2.45. The predicted molar refractivity (Wildman–Crippen MR) is 53.3 cm³/mol. The molecule has 0 radical (unpaired) electrons. The van der Waals surface area contributed by atoms with Crippen LogP contribution in [-0.2, 0) is 9.59 Å². The summed E-state index contributed by atoms with van der Waals surface area (Å²) in [6, 6.07) is -0.450. The van der Waals surface area contributed by atoms with Crippen molar-refractivity contribution in [1.82, 2.24) is 10.2 Å². The minimum atomic E-state index is -0.785. The zero-order chi connectivity index (χ0) is 10.8. The number of hydrogen-bond donors (Lipinski definition) is 2. The van der Waals surface area contributed by atoms with E-state index >= 15 is 0 Å². The molecular weight excluding hydrogens is 196 g/mol. The van der Waals surface area contributed by atoms with Gasteiger partial charge in [-0.25, -0.2) is 0 Å². The van der Waals surface area contributed by atoms with Gasteiger partial charge in [-0.15, -0.1) is 0 Å². The fraction of sp³-hybridized carbons (Fsp3) is 0.800. The van der Waals surface area contributed by atoms with Gasteiger partial charge in [-0.3, -0.25) is 14.5 Å². The highest BCUT2D eigenvalue weighted by molar-refractivity contribution is 5.80. The zero-order valence-electron chi connectivity index (χ0n) is 8.61. The molecule has 0 spiro atoms. The van der Waals surface area contributed by atoms with Crippen LogP contribution in [0.4, 0.5) is 0 Å². The molecule has 0 bridgehead atoms. The number of rotatable bonds is 3. The van der Waals surface area contributed by atoms with Crippen LogP contribution in [0, 0.1) is 5.92 Å². The molecule has 1 heterocycles. The van der Waals surface area contributed by atoms with Crippen LogP contribution in [0.25, 0.3) is 0 Å². The number of aliphatic carboxylic acids is 1. The maximum absolute atomic E-state index is 11.3. The van der Waals surface area contributed by atoms with E-state index in [1.165, 1.54) is 0 Å². The standard InChI is InChI=1S/C10H16N2O3/c13-8-6-12(5-1-4-11-8)9(10(14)15)7-2-3-7/h7,9H,1-6H2,(H,11,13)(H,14,15). The SMILES string of the molecule is O=C1CN(C(C(=O)O)C2CC2)CCCN1. The molecule has 84 valence electrons. The van der Waals surface area contributed by atoms with Crippen molar-refractivity contribution >= 4 is 11.9 Å². The van der Waals surface area contributed by atoms with E-state index in [-0.39, 0.29) is 18.4 Å². The van der Waals surface area contributed by atoms with Crippen molar-refractivity contribution in [3.63, 3.8) is 0 Å². The van der Waals surface area contributed by atoms with Gasteiger partial charge < -0.3 is 10.4 Å². The van der Waals surface area contributed by atoms with Gasteiger partial charge in [0.25, 0.3) is 0 Å². The van der Waals surface area contributed by atoms with Crippen LogP contribution in [-0.4, -0.2) is 47.6 Å². The fourth-order valence-corrected chi connectivity index (χ4v) is 2.13. The molecule has 5 heteroatoms. The van der Waals surface area contributed by atoms with Crippen LogP contribution < -0.4 is 5.32 Å². The van der Waals surface area contributed by atoms with E-state index in [0.29, 0.717) is 13.1 Å². The smallest absolute Gasteiger partial charge is 0.321 e. The third kappa shape index (κ3) is 2.47. The normalized spacial score (nSPS) is 25.5. The van der Waals surface area contributed by atoms with Crippen molar-refractivity contribution in [2.45, 2.75) is 25.3 Å². The molecule has 1 aliphatic carbocycles. The molecule has 1 saturated heterocycles. The maximum Gasteiger partial charge on any atom is 0.321 e. The molecule has 0 aromatic rings. The average Bonchev–Trinajstić information content (AvgIpc) is 2.94. The first-order valence-electron chi connectivity index (χ1n) is 5.42. The Labute approximate surface area is 88.4 Å². The summed E-state index contributed by atoms with van der Waals surface area (Å²) in [5.41, 5.74) is 0. The Balaban J connectivity index is 2.04. The summed E-state index contributed by atoms with van der Waals surface area (Å²) in [6.45, 7) is 1.59. The lowest BCUT2D eigenvalue weighted by molar-refractivity contribution is -0.144. The number of carbonyl (C=O) groups is 2. The molecule has 1 unspecified atom stereocenters. The van der Waals surface area contributed by atoms with E-state index in [0.717, 1.165) is 19.3 Å². The third-order valence-corrected chi connectivity index (χ3v) is 3.01. The third-order valence-electron chi connectivity index (χ3n) is 3.01. The topological polar surface area (TPSA) is 69.6 Å². The molecule has 2 aliphatic rings. The summed E-state index contributed by atoms with van der Waals surface area (Å²) >= 11 is 0. The molecule has 0 aromatic heterocycles. The van der Waals surface area contributed by atoms with E-state index < -0.39 is 12.0 Å². The summed E-state index contributed by atoms with van der Waals surface area (Å²) in [4.78, 5) is 24.3. The van der Waals surface area contributed by atoms with Gasteiger partial charge in [-0.2, -0.15) is 0 Å². The first-order chi connectivity index (χ1) is 7.18. The molecule has 2 fully saturated rings. The van der Waals surface area contributed by atoms with Crippen molar-refractivity contribution < 1.29 is 14.7 Å². The Morgan fingerprint density at radius 3 is 2.87 bits per heavy atom. The summed E-state index contributed by atoms with van der Waals surface area (Å²) in [5.74, 6) is -0.583. The number of nitrogens with one attached hydrogen (secondary N) is 1. The number of hydrogen-bond acceptors (Lipinski definition) is 3. The molecular formula is C10H16N2O3. The minimum absolute atomic E-state index is 0.0561. The van der Waals surface area contributed by atoms with Crippen LogP contribution in [0.2, 0.25) is 0 Å². The molecule has 15 heavy (non-hydrogen) atoms. The van der Waals surface area contributed by atoms with Gasteiger partial charge >= 0.3 is 5.97 Å². The molecule has 1 amide bonds. The van der Waals surface area contributed by atoms with Gasteiger partial charge in [0.15, 0.2) is 0 Å². The number of nitrogens with zero attached hydrogens (tertiary/aromatic N) is 1. The van der Waals surface area contributed by atoms with E-state index in [2.05, 4.69) is 5.32 Å². The Morgan fingerprint density at radius 2 is 2.27 bits per heavy atom. The van der Waals surface area contributed by atoms with E-state index in [1.807, 2.05) is 4.90 Å². The van der Waals surface area contributed by atoms with Gasteiger partial charge in [-0.05, 0) is 25.2 Å².